The molecule has 0 saturated carbocycles. The number of hydrogen-bond donors (Lipinski definition) is 0. The maximum atomic E-state index is 13.9. The van der Waals surface area contributed by atoms with E-state index in [4.69, 9.17) is 22.8 Å². The predicted octanol–water partition coefficient (Wildman–Crippen LogP) is 3.83. The number of terminal acetylenes is 1. The zero-order valence-corrected chi connectivity index (χ0v) is 11.3. The molecule has 9 heteroatoms. The van der Waals surface area contributed by atoms with Crippen molar-refractivity contribution in [3.63, 3.8) is 0 Å². The molecule has 0 aliphatic rings. The molecule has 0 atom stereocenters. The molecule has 0 N–H and O–H groups in total. The molecule has 22 heavy (non-hydrogen) atoms. The van der Waals surface area contributed by atoms with Gasteiger partial charge in [0, 0.05) is 0 Å². The average Bonchev–Trinajstić information content (AvgIpc) is 2.86. The third-order valence-electron chi connectivity index (χ3n) is 2.57. The second-order valence-electron chi connectivity index (χ2n) is 3.96. The zero-order valence-electron chi connectivity index (χ0n) is 10.6. The molecule has 2 rings (SSSR count). The lowest BCUT2D eigenvalue weighted by molar-refractivity contribution is -0.138. The summed E-state index contributed by atoms with van der Waals surface area (Å²) in [5.41, 5.74) is -1.75. The summed E-state index contributed by atoms with van der Waals surface area (Å²) in [6, 6.07) is 1.67. The van der Waals surface area contributed by atoms with Crippen LogP contribution < -0.4 is 4.74 Å². The first-order valence-electron chi connectivity index (χ1n) is 5.62. The summed E-state index contributed by atoms with van der Waals surface area (Å²) in [5.74, 6) is -1.16. The van der Waals surface area contributed by atoms with Crippen molar-refractivity contribution < 1.29 is 26.7 Å². The Balaban J connectivity index is 2.64. The Morgan fingerprint density at radius 3 is 2.59 bits per heavy atom. The second-order valence-corrected chi connectivity index (χ2v) is 4.34. The van der Waals surface area contributed by atoms with Crippen molar-refractivity contribution >= 4 is 11.6 Å². The van der Waals surface area contributed by atoms with E-state index in [1.54, 1.807) is 0 Å². The van der Waals surface area contributed by atoms with Crippen LogP contribution in [0.15, 0.2) is 18.3 Å². The minimum atomic E-state index is -4.79. The molecule has 0 spiro atoms. The van der Waals surface area contributed by atoms with Gasteiger partial charge in [0.15, 0.2) is 12.4 Å². The van der Waals surface area contributed by atoms with Crippen LogP contribution in [-0.4, -0.2) is 16.4 Å². The molecule has 116 valence electrons. The maximum Gasteiger partial charge on any atom is 0.423 e. The van der Waals surface area contributed by atoms with Crippen molar-refractivity contribution in [2.75, 3.05) is 6.61 Å². The molecule has 0 fully saturated rings. The Kier molecular flexibility index (Phi) is 4.28. The van der Waals surface area contributed by atoms with Crippen molar-refractivity contribution in [3.8, 4) is 23.9 Å². The van der Waals surface area contributed by atoms with Crippen molar-refractivity contribution in [2.45, 2.75) is 6.18 Å². The first-order chi connectivity index (χ1) is 10.3. The van der Waals surface area contributed by atoms with Crippen LogP contribution >= 0.6 is 11.6 Å². The number of ether oxygens (including phenoxy) is 1. The number of hydrogen-bond acceptors (Lipinski definition) is 2. The molecule has 0 bridgehead atoms. The van der Waals surface area contributed by atoms with Gasteiger partial charge in [-0.05, 0) is 12.1 Å². The Morgan fingerprint density at radius 1 is 1.32 bits per heavy atom. The fraction of sp³-hybridized carbons (Fsp3) is 0.154. The molecule has 1 heterocycles. The van der Waals surface area contributed by atoms with Gasteiger partial charge in [-0.25, -0.2) is 8.78 Å². The van der Waals surface area contributed by atoms with Crippen molar-refractivity contribution in [1.29, 1.82) is 0 Å². The van der Waals surface area contributed by atoms with Crippen LogP contribution in [0.25, 0.3) is 5.69 Å². The first kappa shape index (κ1) is 16.1. The molecule has 0 aliphatic carbocycles. The molecule has 0 unspecified atom stereocenters. The van der Waals surface area contributed by atoms with E-state index in [-0.39, 0.29) is 0 Å². The molecule has 0 saturated heterocycles. The van der Waals surface area contributed by atoms with Crippen molar-refractivity contribution in [2.24, 2.45) is 0 Å². The molecular formula is C13H6ClF5N2O. The summed E-state index contributed by atoms with van der Waals surface area (Å²) >= 11 is 5.40. The van der Waals surface area contributed by atoms with Crippen LogP contribution in [-0.2, 0) is 6.18 Å². The van der Waals surface area contributed by atoms with Crippen LogP contribution in [0.1, 0.15) is 5.56 Å². The summed E-state index contributed by atoms with van der Waals surface area (Å²) in [4.78, 5) is 0. The van der Waals surface area contributed by atoms with Crippen LogP contribution in [0.5, 0.6) is 5.88 Å². The second kappa shape index (κ2) is 5.85. The van der Waals surface area contributed by atoms with Crippen molar-refractivity contribution in [3.05, 3.63) is 40.6 Å². The summed E-state index contributed by atoms with van der Waals surface area (Å²) in [6.07, 6.45) is 0.594. The highest BCUT2D eigenvalue weighted by atomic mass is 35.5. The topological polar surface area (TPSA) is 27.1 Å². The van der Waals surface area contributed by atoms with Gasteiger partial charge in [0.2, 0.25) is 5.88 Å². The number of benzene rings is 1. The number of alkyl halides is 3. The molecule has 1 aromatic carbocycles. The molecule has 0 radical (unpaired) electrons. The van der Waals surface area contributed by atoms with Crippen LogP contribution in [0.3, 0.4) is 0 Å². The van der Waals surface area contributed by atoms with E-state index in [1.807, 2.05) is 5.92 Å². The van der Waals surface area contributed by atoms with Gasteiger partial charge in [0.05, 0.1) is 6.20 Å². The number of rotatable bonds is 3. The SMILES string of the molecule is C#CCOc1c(C(F)(F)F)cnn1-c1ccc(F)c(Cl)c1F. The van der Waals surface area contributed by atoms with Crippen LogP contribution in [0, 0.1) is 24.0 Å². The van der Waals surface area contributed by atoms with E-state index in [2.05, 4.69) is 5.10 Å². The van der Waals surface area contributed by atoms with E-state index in [9.17, 15) is 22.0 Å². The lowest BCUT2D eigenvalue weighted by Gasteiger charge is -2.12. The number of halogens is 6. The number of aromatic nitrogens is 2. The monoisotopic (exact) mass is 336 g/mol. The highest BCUT2D eigenvalue weighted by Crippen LogP contribution is 2.38. The van der Waals surface area contributed by atoms with E-state index >= 15 is 0 Å². The van der Waals surface area contributed by atoms with E-state index in [0.717, 1.165) is 12.1 Å². The van der Waals surface area contributed by atoms with Crippen LogP contribution in [0.2, 0.25) is 5.02 Å². The van der Waals surface area contributed by atoms with Gasteiger partial charge < -0.3 is 4.74 Å². The molecule has 0 amide bonds. The lowest BCUT2D eigenvalue weighted by Crippen LogP contribution is -2.11. The van der Waals surface area contributed by atoms with Gasteiger partial charge in [-0.2, -0.15) is 23.0 Å². The minimum Gasteiger partial charge on any atom is -0.464 e. The fourth-order valence-corrected chi connectivity index (χ4v) is 1.79. The quantitative estimate of drug-likeness (QED) is 0.484. The highest BCUT2D eigenvalue weighted by Gasteiger charge is 2.38. The molecular weight excluding hydrogens is 331 g/mol. The third kappa shape index (κ3) is 2.85. The fourth-order valence-electron chi connectivity index (χ4n) is 1.63. The normalized spacial score (nSPS) is 11.3. The Labute approximate surface area is 126 Å². The summed E-state index contributed by atoms with van der Waals surface area (Å²) in [5, 5.41) is 2.55. The largest absolute Gasteiger partial charge is 0.464 e. The summed E-state index contributed by atoms with van der Waals surface area (Å²) in [6.45, 7) is -0.495. The van der Waals surface area contributed by atoms with Gasteiger partial charge in [-0.3, -0.25) is 0 Å². The number of nitrogens with zero attached hydrogens (tertiary/aromatic N) is 2. The zero-order chi connectivity index (χ0) is 16.5. The standard InChI is InChI=1S/C13H6ClF5N2O/c1-2-5-22-12-7(13(17,18)19)6-20-21(12)9-4-3-8(15)10(14)11(9)16/h1,3-4,6H,5H2. The highest BCUT2D eigenvalue weighted by molar-refractivity contribution is 6.31. The van der Waals surface area contributed by atoms with Gasteiger partial charge in [0.25, 0.3) is 0 Å². The van der Waals surface area contributed by atoms with Crippen molar-refractivity contribution in [1.82, 2.24) is 9.78 Å². The van der Waals surface area contributed by atoms with Crippen LogP contribution in [0.4, 0.5) is 22.0 Å². The Hall–Kier alpha value is -2.27. The summed E-state index contributed by atoms with van der Waals surface area (Å²) < 4.78 is 71.1. The molecule has 1 aromatic heterocycles. The van der Waals surface area contributed by atoms with E-state index in [0.29, 0.717) is 10.9 Å². The van der Waals surface area contributed by atoms with Gasteiger partial charge in [-0.1, -0.05) is 17.5 Å². The first-order valence-corrected chi connectivity index (χ1v) is 6.00. The Bertz CT molecular complexity index is 748. The van der Waals surface area contributed by atoms with Gasteiger partial charge in [-0.15, -0.1) is 6.42 Å². The van der Waals surface area contributed by atoms with E-state index in [1.165, 1.54) is 0 Å². The average molecular weight is 337 g/mol. The smallest absolute Gasteiger partial charge is 0.423 e. The Morgan fingerprint density at radius 2 is 2.00 bits per heavy atom. The van der Waals surface area contributed by atoms with Gasteiger partial charge in [0.1, 0.15) is 22.1 Å². The molecule has 2 aromatic rings. The summed E-state index contributed by atoms with van der Waals surface area (Å²) in [7, 11) is 0. The third-order valence-corrected chi connectivity index (χ3v) is 2.91. The maximum absolute atomic E-state index is 13.9. The lowest BCUT2D eigenvalue weighted by atomic mass is 10.3. The minimum absolute atomic E-state index is 0.447. The predicted molar refractivity (Wildman–Crippen MR) is 67.8 cm³/mol. The molecule has 3 nitrogen and oxygen atoms in total. The van der Waals surface area contributed by atoms with E-state index < -0.39 is 46.6 Å². The molecule has 0 aliphatic heterocycles. The van der Waals surface area contributed by atoms with Gasteiger partial charge >= 0.3 is 6.18 Å².